The van der Waals surface area contributed by atoms with Crippen LogP contribution in [0.15, 0.2) is 29.3 Å². The number of benzene rings is 1. The summed E-state index contributed by atoms with van der Waals surface area (Å²) in [7, 11) is 0. The average molecular weight is 266 g/mol. The Morgan fingerprint density at radius 1 is 1.20 bits per heavy atom. The van der Waals surface area contributed by atoms with Gasteiger partial charge in [0, 0.05) is 0 Å². The van der Waals surface area contributed by atoms with Gasteiger partial charge in [0.15, 0.2) is 0 Å². The van der Waals surface area contributed by atoms with Crippen LogP contribution in [-0.4, -0.2) is 25.5 Å². The molecule has 0 fully saturated rings. The van der Waals surface area contributed by atoms with Gasteiger partial charge in [-0.1, -0.05) is 0 Å². The molecule has 0 spiro atoms. The number of carbonyl (C=O) groups excluding carboxylic acids is 1. The summed E-state index contributed by atoms with van der Waals surface area (Å²) < 4.78 is 0.727. The molecular formula is C12H13NOSe. The van der Waals surface area contributed by atoms with E-state index in [2.05, 4.69) is 24.0 Å². The van der Waals surface area contributed by atoms with Crippen molar-refractivity contribution in [3.05, 3.63) is 35.4 Å². The summed E-state index contributed by atoms with van der Waals surface area (Å²) in [6.45, 7) is 6.00. The van der Waals surface area contributed by atoms with Crippen LogP contribution in [0.4, 0.5) is 0 Å². The van der Waals surface area contributed by atoms with E-state index >= 15 is 0 Å². The molecule has 0 bridgehead atoms. The Morgan fingerprint density at radius 3 is 2.27 bits per heavy atom. The molecule has 3 heteroatoms. The second-order valence-electron chi connectivity index (χ2n) is 4.20. The molecule has 1 aliphatic heterocycles. The van der Waals surface area contributed by atoms with Gasteiger partial charge in [-0.05, 0) is 0 Å². The number of nitrogens with zero attached hydrogens (tertiary/aromatic N) is 1. The summed E-state index contributed by atoms with van der Waals surface area (Å²) in [6.07, 6.45) is 0. The minimum absolute atomic E-state index is 0.0260. The zero-order valence-corrected chi connectivity index (χ0v) is 10.8. The maximum atomic E-state index is 11.6. The van der Waals surface area contributed by atoms with Gasteiger partial charge in [-0.3, -0.25) is 0 Å². The van der Waals surface area contributed by atoms with Crippen LogP contribution < -0.4 is 0 Å². The Balaban J connectivity index is 2.31. The fourth-order valence-electron chi connectivity index (χ4n) is 1.35. The number of rotatable bonds is 1. The number of aryl methyl sites for hydroxylation is 1. The SMILES string of the molecule is Cc1ccc(C2=NC(=O)C(C)(C)[Se]2)cc1. The molecule has 15 heavy (non-hydrogen) atoms. The van der Waals surface area contributed by atoms with E-state index in [1.807, 2.05) is 26.0 Å². The van der Waals surface area contributed by atoms with Crippen molar-refractivity contribution >= 4 is 25.5 Å². The summed E-state index contributed by atoms with van der Waals surface area (Å²) in [4.78, 5) is 15.7. The number of amides is 1. The van der Waals surface area contributed by atoms with Crippen molar-refractivity contribution in [1.29, 1.82) is 0 Å². The molecule has 0 aromatic heterocycles. The van der Waals surface area contributed by atoms with Gasteiger partial charge in [0.2, 0.25) is 0 Å². The molecule has 0 unspecified atom stereocenters. The first-order chi connectivity index (χ1) is 6.99. The molecule has 0 aliphatic carbocycles. The molecule has 0 atom stereocenters. The normalized spacial score (nSPS) is 19.1. The van der Waals surface area contributed by atoms with Gasteiger partial charge in [0.05, 0.1) is 0 Å². The van der Waals surface area contributed by atoms with Crippen LogP contribution in [0.3, 0.4) is 0 Å². The van der Waals surface area contributed by atoms with Gasteiger partial charge in [-0.2, -0.15) is 0 Å². The van der Waals surface area contributed by atoms with Crippen molar-refractivity contribution in [3.8, 4) is 0 Å². The van der Waals surface area contributed by atoms with Crippen LogP contribution in [0.5, 0.6) is 0 Å². The summed E-state index contributed by atoms with van der Waals surface area (Å²) in [5, 5.41) is 0. The third kappa shape index (κ3) is 2.04. The first-order valence-electron chi connectivity index (χ1n) is 4.88. The van der Waals surface area contributed by atoms with Gasteiger partial charge in [0.1, 0.15) is 0 Å². The van der Waals surface area contributed by atoms with Crippen LogP contribution >= 0.6 is 0 Å². The standard InChI is InChI=1S/C12H13NOSe/c1-8-4-6-9(7-5-8)10-13-11(14)12(2,3)15-10/h4-7H,1-3H3. The van der Waals surface area contributed by atoms with E-state index in [0.717, 1.165) is 10.2 Å². The quantitative estimate of drug-likeness (QED) is 0.716. The van der Waals surface area contributed by atoms with Gasteiger partial charge in [-0.25, -0.2) is 0 Å². The second-order valence-corrected chi connectivity index (χ2v) is 7.58. The van der Waals surface area contributed by atoms with Gasteiger partial charge in [-0.15, -0.1) is 0 Å². The molecule has 2 rings (SSSR count). The van der Waals surface area contributed by atoms with Crippen molar-refractivity contribution < 1.29 is 4.79 Å². The second kappa shape index (κ2) is 3.58. The Morgan fingerprint density at radius 2 is 1.80 bits per heavy atom. The van der Waals surface area contributed by atoms with Crippen molar-refractivity contribution in [3.63, 3.8) is 0 Å². The zero-order valence-electron chi connectivity index (χ0n) is 9.07. The first kappa shape index (κ1) is 10.6. The van der Waals surface area contributed by atoms with Crippen molar-refractivity contribution in [2.45, 2.75) is 25.1 Å². The van der Waals surface area contributed by atoms with Crippen LogP contribution in [0, 0.1) is 6.92 Å². The molecule has 1 heterocycles. The van der Waals surface area contributed by atoms with Crippen LogP contribution in [0.25, 0.3) is 0 Å². The summed E-state index contributed by atoms with van der Waals surface area (Å²) in [5.74, 6) is 0.0260. The summed E-state index contributed by atoms with van der Waals surface area (Å²) >= 11 is 0.152. The monoisotopic (exact) mass is 267 g/mol. The molecule has 2 nitrogen and oxygen atoms in total. The predicted molar refractivity (Wildman–Crippen MR) is 62.5 cm³/mol. The zero-order chi connectivity index (χ0) is 11.1. The number of hydrogen-bond donors (Lipinski definition) is 0. The van der Waals surface area contributed by atoms with E-state index in [9.17, 15) is 4.79 Å². The van der Waals surface area contributed by atoms with Crippen molar-refractivity contribution in [1.82, 2.24) is 0 Å². The fraction of sp³-hybridized carbons (Fsp3) is 0.333. The van der Waals surface area contributed by atoms with Gasteiger partial charge in [0.25, 0.3) is 0 Å². The van der Waals surface area contributed by atoms with Crippen LogP contribution in [0.2, 0.25) is 4.31 Å². The third-order valence-corrected chi connectivity index (χ3v) is 4.90. The van der Waals surface area contributed by atoms with Gasteiger partial charge < -0.3 is 0 Å². The first-order valence-corrected chi connectivity index (χ1v) is 6.59. The molecule has 0 N–H and O–H groups in total. The van der Waals surface area contributed by atoms with E-state index in [1.54, 1.807) is 0 Å². The van der Waals surface area contributed by atoms with Crippen molar-refractivity contribution in [2.75, 3.05) is 0 Å². The van der Waals surface area contributed by atoms with Gasteiger partial charge >= 0.3 is 95.7 Å². The molecule has 0 radical (unpaired) electrons. The predicted octanol–water partition coefficient (Wildman–Crippen LogP) is 2.18. The Kier molecular flexibility index (Phi) is 2.53. The minimum atomic E-state index is -0.257. The average Bonchev–Trinajstić information content (AvgIpc) is 2.42. The molecular weight excluding hydrogens is 253 g/mol. The molecule has 78 valence electrons. The van der Waals surface area contributed by atoms with E-state index in [-0.39, 0.29) is 25.2 Å². The Labute approximate surface area is 96.0 Å². The van der Waals surface area contributed by atoms with Crippen LogP contribution in [0.1, 0.15) is 25.0 Å². The summed E-state index contributed by atoms with van der Waals surface area (Å²) in [5.41, 5.74) is 2.33. The van der Waals surface area contributed by atoms with E-state index in [1.165, 1.54) is 5.56 Å². The molecule has 0 saturated heterocycles. The summed E-state index contributed by atoms with van der Waals surface area (Å²) in [6, 6.07) is 8.21. The number of carbonyl (C=O) groups is 1. The van der Waals surface area contributed by atoms with Crippen LogP contribution in [-0.2, 0) is 4.79 Å². The Hall–Kier alpha value is -0.921. The molecule has 1 aromatic rings. The molecule has 1 amide bonds. The molecule has 1 aliphatic rings. The number of hydrogen-bond acceptors (Lipinski definition) is 1. The fourth-order valence-corrected chi connectivity index (χ4v) is 3.45. The maximum absolute atomic E-state index is 11.6. The van der Waals surface area contributed by atoms with Crippen molar-refractivity contribution in [2.24, 2.45) is 4.99 Å². The van der Waals surface area contributed by atoms with E-state index < -0.39 is 0 Å². The third-order valence-electron chi connectivity index (χ3n) is 2.37. The molecule has 0 saturated carbocycles. The number of aliphatic imine (C=N–C) groups is 1. The molecule has 1 aromatic carbocycles. The topological polar surface area (TPSA) is 29.4 Å². The van der Waals surface area contributed by atoms with E-state index in [0.29, 0.717) is 0 Å². The van der Waals surface area contributed by atoms with E-state index in [4.69, 9.17) is 0 Å². The Bertz CT molecular complexity index is 431.